The molecule has 0 unspecified atom stereocenters. The molecule has 144 valence electrons. The summed E-state index contributed by atoms with van der Waals surface area (Å²) in [6.07, 6.45) is 4.77. The van der Waals surface area contributed by atoms with Crippen LogP contribution in [0.1, 0.15) is 18.4 Å². The number of hydrogen-bond donors (Lipinski definition) is 1. The lowest BCUT2D eigenvalue weighted by atomic mass is 9.95. The number of benzene rings is 1. The van der Waals surface area contributed by atoms with Crippen molar-refractivity contribution < 1.29 is 14.3 Å². The van der Waals surface area contributed by atoms with Crippen molar-refractivity contribution in [1.82, 2.24) is 20.6 Å². The predicted octanol–water partition coefficient (Wildman–Crippen LogP) is 2.06. The SMILES string of the molecule is O=C(NCc1ccncc1)C1CCN(c2ccc([N+](=O)[O-])c3nonc23)CC1. The minimum atomic E-state index is -0.504. The van der Waals surface area contributed by atoms with Gasteiger partial charge in [0.15, 0.2) is 5.52 Å². The number of carbonyl (C=O) groups is 1. The van der Waals surface area contributed by atoms with Crippen LogP contribution in [0.5, 0.6) is 0 Å². The number of piperidine rings is 1. The molecule has 1 aromatic carbocycles. The molecule has 28 heavy (non-hydrogen) atoms. The summed E-state index contributed by atoms with van der Waals surface area (Å²) in [7, 11) is 0. The van der Waals surface area contributed by atoms with E-state index in [2.05, 4.69) is 25.5 Å². The molecular weight excluding hydrogens is 364 g/mol. The van der Waals surface area contributed by atoms with Crippen LogP contribution in [0.25, 0.3) is 11.0 Å². The highest BCUT2D eigenvalue weighted by molar-refractivity contribution is 5.94. The van der Waals surface area contributed by atoms with Crippen molar-refractivity contribution in [2.24, 2.45) is 5.92 Å². The topological polar surface area (TPSA) is 127 Å². The van der Waals surface area contributed by atoms with E-state index in [1.807, 2.05) is 12.1 Å². The highest BCUT2D eigenvalue weighted by atomic mass is 16.6. The number of pyridine rings is 1. The van der Waals surface area contributed by atoms with Gasteiger partial charge in [0.1, 0.15) is 0 Å². The number of nitrogens with zero attached hydrogens (tertiary/aromatic N) is 5. The number of nitro groups is 1. The van der Waals surface area contributed by atoms with Crippen molar-refractivity contribution in [2.75, 3.05) is 18.0 Å². The summed E-state index contributed by atoms with van der Waals surface area (Å²) >= 11 is 0. The van der Waals surface area contributed by atoms with Gasteiger partial charge in [-0.25, -0.2) is 4.63 Å². The molecule has 0 radical (unpaired) electrons. The van der Waals surface area contributed by atoms with Gasteiger partial charge in [0.05, 0.1) is 10.6 Å². The summed E-state index contributed by atoms with van der Waals surface area (Å²) in [4.78, 5) is 29.1. The molecular formula is C18H18N6O4. The first kappa shape index (κ1) is 17.8. The molecule has 3 aromatic rings. The zero-order valence-electron chi connectivity index (χ0n) is 14.9. The lowest BCUT2D eigenvalue weighted by molar-refractivity contribution is -0.383. The van der Waals surface area contributed by atoms with Crippen molar-refractivity contribution in [1.29, 1.82) is 0 Å². The minimum Gasteiger partial charge on any atom is -0.370 e. The number of carbonyl (C=O) groups excluding carboxylic acids is 1. The highest BCUT2D eigenvalue weighted by Crippen LogP contribution is 2.33. The number of fused-ring (bicyclic) bond motifs is 1. The van der Waals surface area contributed by atoms with Crippen LogP contribution < -0.4 is 10.2 Å². The Morgan fingerprint density at radius 1 is 1.18 bits per heavy atom. The molecule has 1 aliphatic heterocycles. The third-order valence-electron chi connectivity index (χ3n) is 4.99. The first-order valence-corrected chi connectivity index (χ1v) is 8.94. The molecule has 0 aliphatic carbocycles. The Hall–Kier alpha value is -3.56. The Morgan fingerprint density at radius 2 is 1.89 bits per heavy atom. The molecule has 2 aromatic heterocycles. The average Bonchev–Trinajstić information content (AvgIpc) is 3.22. The number of nitrogens with one attached hydrogen (secondary N) is 1. The molecule has 1 N–H and O–H groups in total. The van der Waals surface area contributed by atoms with E-state index in [4.69, 9.17) is 4.63 Å². The first-order chi connectivity index (χ1) is 13.6. The molecule has 1 fully saturated rings. The van der Waals surface area contributed by atoms with E-state index in [0.29, 0.717) is 38.0 Å². The molecule has 1 amide bonds. The van der Waals surface area contributed by atoms with Crippen LogP contribution in [-0.2, 0) is 11.3 Å². The van der Waals surface area contributed by atoms with Gasteiger partial charge in [-0.2, -0.15) is 0 Å². The molecule has 1 aliphatic rings. The number of hydrogen-bond acceptors (Lipinski definition) is 8. The van der Waals surface area contributed by atoms with Gasteiger partial charge in [0.25, 0.3) is 0 Å². The van der Waals surface area contributed by atoms with Gasteiger partial charge < -0.3 is 10.2 Å². The normalized spacial score (nSPS) is 14.9. The number of nitro benzene ring substituents is 1. The quantitative estimate of drug-likeness (QED) is 0.525. The minimum absolute atomic E-state index is 0.0356. The fraction of sp³-hybridized carbons (Fsp3) is 0.333. The zero-order valence-corrected chi connectivity index (χ0v) is 14.9. The fourth-order valence-electron chi connectivity index (χ4n) is 3.46. The first-order valence-electron chi connectivity index (χ1n) is 8.94. The third kappa shape index (κ3) is 3.48. The second-order valence-corrected chi connectivity index (χ2v) is 6.66. The Balaban J connectivity index is 1.40. The lowest BCUT2D eigenvalue weighted by Crippen LogP contribution is -2.40. The second kappa shape index (κ2) is 7.59. The largest absolute Gasteiger partial charge is 0.370 e. The standard InChI is InChI=1S/C18H18N6O4/c25-18(20-11-12-3-7-19-8-4-12)13-5-9-23(10-6-13)14-1-2-15(24(26)27)17-16(14)21-28-22-17/h1-4,7-8,13H,5-6,9-11H2,(H,20,25). The van der Waals surface area contributed by atoms with Gasteiger partial charge in [-0.15, -0.1) is 0 Å². The monoisotopic (exact) mass is 382 g/mol. The molecule has 4 rings (SSSR count). The van der Waals surface area contributed by atoms with Gasteiger partial charge >= 0.3 is 5.69 Å². The van der Waals surface area contributed by atoms with Crippen LogP contribution in [0.2, 0.25) is 0 Å². The van der Waals surface area contributed by atoms with Gasteiger partial charge in [0.2, 0.25) is 11.4 Å². The van der Waals surface area contributed by atoms with Crippen molar-refractivity contribution in [3.8, 4) is 0 Å². The number of aromatic nitrogens is 3. The maximum atomic E-state index is 12.4. The number of rotatable bonds is 5. The summed E-state index contributed by atoms with van der Waals surface area (Å²) in [6.45, 7) is 1.77. The lowest BCUT2D eigenvalue weighted by Gasteiger charge is -2.32. The summed E-state index contributed by atoms with van der Waals surface area (Å²) < 4.78 is 4.72. The second-order valence-electron chi connectivity index (χ2n) is 6.66. The van der Waals surface area contributed by atoms with Crippen LogP contribution in [0, 0.1) is 16.0 Å². The van der Waals surface area contributed by atoms with E-state index in [0.717, 1.165) is 11.3 Å². The van der Waals surface area contributed by atoms with Crippen molar-refractivity contribution in [3.05, 3.63) is 52.3 Å². The van der Waals surface area contributed by atoms with Crippen LogP contribution in [0.3, 0.4) is 0 Å². The van der Waals surface area contributed by atoms with Gasteiger partial charge in [-0.1, -0.05) is 0 Å². The molecule has 3 heterocycles. The van der Waals surface area contributed by atoms with E-state index in [1.165, 1.54) is 6.07 Å². The average molecular weight is 382 g/mol. The maximum Gasteiger partial charge on any atom is 0.300 e. The third-order valence-corrected chi connectivity index (χ3v) is 4.99. The summed E-state index contributed by atoms with van der Waals surface area (Å²) in [5.41, 5.74) is 2.12. The zero-order chi connectivity index (χ0) is 19.5. The highest BCUT2D eigenvalue weighted by Gasteiger charge is 2.28. The van der Waals surface area contributed by atoms with Crippen molar-refractivity contribution in [2.45, 2.75) is 19.4 Å². The maximum absolute atomic E-state index is 12.4. The molecule has 0 bridgehead atoms. The summed E-state index contributed by atoms with van der Waals surface area (Å²) in [5.74, 6) is -0.0320. The number of anilines is 1. The van der Waals surface area contributed by atoms with Crippen LogP contribution in [0.15, 0.2) is 41.3 Å². The van der Waals surface area contributed by atoms with Gasteiger partial charge in [-0.05, 0) is 46.9 Å². The number of non-ortho nitro benzene ring substituents is 1. The van der Waals surface area contributed by atoms with E-state index < -0.39 is 4.92 Å². The molecule has 0 saturated carbocycles. The smallest absolute Gasteiger partial charge is 0.300 e. The predicted molar refractivity (Wildman–Crippen MR) is 99.5 cm³/mol. The van der Waals surface area contributed by atoms with Crippen LogP contribution >= 0.6 is 0 Å². The summed E-state index contributed by atoms with van der Waals surface area (Å²) in [6, 6.07) is 6.81. The Labute approximate surface area is 159 Å². The molecule has 10 nitrogen and oxygen atoms in total. The molecule has 0 atom stereocenters. The van der Waals surface area contributed by atoms with Gasteiger partial charge in [0, 0.05) is 44.0 Å². The van der Waals surface area contributed by atoms with Crippen molar-refractivity contribution in [3.63, 3.8) is 0 Å². The number of amides is 1. The Morgan fingerprint density at radius 3 is 2.61 bits per heavy atom. The van der Waals surface area contributed by atoms with E-state index in [-0.39, 0.29) is 23.0 Å². The van der Waals surface area contributed by atoms with E-state index in [9.17, 15) is 14.9 Å². The van der Waals surface area contributed by atoms with Crippen LogP contribution in [-0.4, -0.2) is 39.2 Å². The molecule has 10 heteroatoms. The molecule has 0 spiro atoms. The van der Waals surface area contributed by atoms with E-state index >= 15 is 0 Å². The molecule has 1 saturated heterocycles. The Kier molecular flexibility index (Phi) is 4.83. The summed E-state index contributed by atoms with van der Waals surface area (Å²) in [5, 5.41) is 21.6. The fourth-order valence-corrected chi connectivity index (χ4v) is 3.46. The van der Waals surface area contributed by atoms with Crippen LogP contribution in [0.4, 0.5) is 11.4 Å². The van der Waals surface area contributed by atoms with Crippen molar-refractivity contribution >= 4 is 28.3 Å². The Bertz CT molecular complexity index is 998. The van der Waals surface area contributed by atoms with Gasteiger partial charge in [-0.3, -0.25) is 19.9 Å². The van der Waals surface area contributed by atoms with E-state index in [1.54, 1.807) is 18.5 Å².